The molecule has 1 aromatic carbocycles. The molecule has 1 amide bonds. The number of hydrogen-bond acceptors (Lipinski definition) is 4. The van der Waals surface area contributed by atoms with Gasteiger partial charge in [0, 0.05) is 38.3 Å². The Kier molecular flexibility index (Phi) is 6.42. The minimum absolute atomic E-state index is 0.108. The van der Waals surface area contributed by atoms with Crippen molar-refractivity contribution in [2.75, 3.05) is 31.1 Å². The van der Waals surface area contributed by atoms with Crippen molar-refractivity contribution in [3.63, 3.8) is 0 Å². The van der Waals surface area contributed by atoms with Crippen LogP contribution in [0.5, 0.6) is 0 Å². The number of primary sulfonamides is 1. The Morgan fingerprint density at radius 3 is 2.24 bits per heavy atom. The predicted molar refractivity (Wildman–Crippen MR) is 103 cm³/mol. The molecule has 0 bridgehead atoms. The molecule has 1 aromatic rings. The van der Waals surface area contributed by atoms with Crippen LogP contribution in [0.25, 0.3) is 0 Å². The molecule has 10 heteroatoms. The van der Waals surface area contributed by atoms with Crippen molar-refractivity contribution in [2.24, 2.45) is 11.1 Å². The van der Waals surface area contributed by atoms with Crippen LogP contribution in [0, 0.1) is 5.92 Å². The van der Waals surface area contributed by atoms with Crippen LogP contribution >= 0.6 is 0 Å². The van der Waals surface area contributed by atoms with Gasteiger partial charge in [0.25, 0.3) is 0 Å². The van der Waals surface area contributed by atoms with Crippen LogP contribution in [0.1, 0.15) is 44.1 Å². The normalized spacial score (nSPS) is 19.4. The Hall–Kier alpha value is -1.81. The van der Waals surface area contributed by atoms with Crippen molar-refractivity contribution in [2.45, 2.75) is 49.6 Å². The first-order chi connectivity index (χ1) is 13.6. The SMILES string of the molecule is NS(=O)(=O)c1ccc(N2CCN(C(=O)CC3CCCCC3)CC2)cc1C(F)(F)F. The summed E-state index contributed by atoms with van der Waals surface area (Å²) in [5, 5.41) is 4.93. The van der Waals surface area contributed by atoms with Gasteiger partial charge in [0.15, 0.2) is 0 Å². The Bertz CT molecular complexity index is 844. The first-order valence-electron chi connectivity index (χ1n) is 9.82. The average molecular weight is 433 g/mol. The predicted octanol–water partition coefficient (Wildman–Crippen LogP) is 2.97. The van der Waals surface area contributed by atoms with E-state index in [4.69, 9.17) is 5.14 Å². The fourth-order valence-corrected chi connectivity index (χ4v) is 4.90. The van der Waals surface area contributed by atoms with Gasteiger partial charge in [-0.25, -0.2) is 13.6 Å². The second kappa shape index (κ2) is 8.51. The molecule has 0 spiro atoms. The Morgan fingerprint density at radius 2 is 1.69 bits per heavy atom. The third-order valence-corrected chi connectivity index (χ3v) is 6.73. The van der Waals surface area contributed by atoms with Gasteiger partial charge >= 0.3 is 6.18 Å². The highest BCUT2D eigenvalue weighted by molar-refractivity contribution is 7.89. The highest BCUT2D eigenvalue weighted by Gasteiger charge is 2.37. The standard InChI is InChI=1S/C19H26F3N3O3S/c20-19(21,22)16-13-15(6-7-17(16)29(23,27)28)24-8-10-25(11-9-24)18(26)12-14-4-2-1-3-5-14/h6-7,13-14H,1-5,8-12H2,(H2,23,27,28). The molecule has 1 heterocycles. The molecule has 1 saturated heterocycles. The van der Waals surface area contributed by atoms with Crippen molar-refractivity contribution in [3.8, 4) is 0 Å². The zero-order valence-electron chi connectivity index (χ0n) is 16.1. The number of amides is 1. The number of rotatable bonds is 4. The summed E-state index contributed by atoms with van der Waals surface area (Å²) in [5.41, 5.74) is -1.00. The largest absolute Gasteiger partial charge is 0.417 e. The number of sulfonamides is 1. The Labute approximate surface area is 168 Å². The first kappa shape index (κ1) is 21.9. The average Bonchev–Trinajstić information content (AvgIpc) is 2.67. The van der Waals surface area contributed by atoms with Gasteiger partial charge in [-0.1, -0.05) is 19.3 Å². The lowest BCUT2D eigenvalue weighted by atomic mass is 9.86. The smallest absolute Gasteiger partial charge is 0.368 e. The van der Waals surface area contributed by atoms with Gasteiger partial charge in [-0.3, -0.25) is 4.79 Å². The fourth-order valence-electron chi connectivity index (χ4n) is 4.17. The topological polar surface area (TPSA) is 83.7 Å². The summed E-state index contributed by atoms with van der Waals surface area (Å²) in [6, 6.07) is 3.04. The van der Waals surface area contributed by atoms with Gasteiger partial charge in [0.05, 0.1) is 10.5 Å². The van der Waals surface area contributed by atoms with Gasteiger partial charge < -0.3 is 9.80 Å². The van der Waals surface area contributed by atoms with Gasteiger partial charge in [0.1, 0.15) is 0 Å². The number of anilines is 1. The van der Waals surface area contributed by atoms with Crippen LogP contribution in [0.3, 0.4) is 0 Å². The molecular formula is C19H26F3N3O3S. The van der Waals surface area contributed by atoms with Gasteiger partial charge in [-0.15, -0.1) is 0 Å². The zero-order chi connectivity index (χ0) is 21.2. The molecule has 0 aromatic heterocycles. The minimum Gasteiger partial charge on any atom is -0.368 e. The molecule has 1 aliphatic carbocycles. The number of nitrogens with zero attached hydrogens (tertiary/aromatic N) is 2. The molecule has 2 N–H and O–H groups in total. The second-order valence-electron chi connectivity index (χ2n) is 7.80. The number of hydrogen-bond donors (Lipinski definition) is 1. The van der Waals surface area contributed by atoms with E-state index in [2.05, 4.69) is 0 Å². The summed E-state index contributed by atoms with van der Waals surface area (Å²) in [4.78, 5) is 15.1. The van der Waals surface area contributed by atoms with Crippen LogP contribution < -0.4 is 10.0 Å². The van der Waals surface area contributed by atoms with E-state index in [1.165, 1.54) is 25.3 Å². The maximum absolute atomic E-state index is 13.3. The van der Waals surface area contributed by atoms with E-state index < -0.39 is 26.7 Å². The quantitative estimate of drug-likeness (QED) is 0.791. The number of nitrogens with two attached hydrogens (primary N) is 1. The molecule has 6 nitrogen and oxygen atoms in total. The first-order valence-corrected chi connectivity index (χ1v) is 11.4. The third-order valence-electron chi connectivity index (χ3n) is 5.76. The van der Waals surface area contributed by atoms with E-state index >= 15 is 0 Å². The highest BCUT2D eigenvalue weighted by Crippen LogP contribution is 2.36. The lowest BCUT2D eigenvalue weighted by Crippen LogP contribution is -2.49. The number of halogens is 3. The lowest BCUT2D eigenvalue weighted by Gasteiger charge is -2.37. The van der Waals surface area contributed by atoms with Gasteiger partial charge in [-0.2, -0.15) is 13.2 Å². The lowest BCUT2D eigenvalue weighted by molar-refractivity contribution is -0.139. The molecule has 0 atom stereocenters. The molecular weight excluding hydrogens is 407 g/mol. The van der Waals surface area contributed by atoms with Crippen LogP contribution in [-0.2, 0) is 21.0 Å². The summed E-state index contributed by atoms with van der Waals surface area (Å²) in [5.74, 6) is 0.548. The molecule has 29 heavy (non-hydrogen) atoms. The van der Waals surface area contributed by atoms with Crippen LogP contribution in [-0.4, -0.2) is 45.4 Å². The molecule has 1 aliphatic heterocycles. The van der Waals surface area contributed by atoms with E-state index in [-0.39, 0.29) is 11.6 Å². The van der Waals surface area contributed by atoms with E-state index in [1.807, 2.05) is 0 Å². The number of alkyl halides is 3. The highest BCUT2D eigenvalue weighted by atomic mass is 32.2. The van der Waals surface area contributed by atoms with Crippen LogP contribution in [0.15, 0.2) is 23.1 Å². The monoisotopic (exact) mass is 433 g/mol. The molecule has 0 radical (unpaired) electrons. The number of piperazine rings is 1. The van der Waals surface area contributed by atoms with Crippen molar-refractivity contribution in [1.29, 1.82) is 0 Å². The van der Waals surface area contributed by atoms with Crippen molar-refractivity contribution >= 4 is 21.6 Å². The van der Waals surface area contributed by atoms with Crippen molar-refractivity contribution in [1.82, 2.24) is 4.90 Å². The molecule has 162 valence electrons. The third kappa shape index (κ3) is 5.42. The summed E-state index contributed by atoms with van der Waals surface area (Å²) in [7, 11) is -4.49. The molecule has 2 aliphatic rings. The summed E-state index contributed by atoms with van der Waals surface area (Å²) in [6.07, 6.45) is 1.44. The van der Waals surface area contributed by atoms with Crippen molar-refractivity contribution < 1.29 is 26.4 Å². The number of carbonyl (C=O) groups is 1. The second-order valence-corrected chi connectivity index (χ2v) is 9.33. The van der Waals surface area contributed by atoms with E-state index in [0.29, 0.717) is 38.5 Å². The minimum atomic E-state index is -4.84. The van der Waals surface area contributed by atoms with E-state index in [9.17, 15) is 26.4 Å². The summed E-state index contributed by atoms with van der Waals surface area (Å²) < 4.78 is 63.0. The fraction of sp³-hybridized carbons (Fsp3) is 0.632. The van der Waals surface area contributed by atoms with Gasteiger partial charge in [0.2, 0.25) is 15.9 Å². The van der Waals surface area contributed by atoms with Crippen molar-refractivity contribution in [3.05, 3.63) is 23.8 Å². The summed E-state index contributed by atoms with van der Waals surface area (Å²) in [6.45, 7) is 1.65. The van der Waals surface area contributed by atoms with Gasteiger partial charge in [-0.05, 0) is 37.0 Å². The maximum Gasteiger partial charge on any atom is 0.417 e. The molecule has 2 fully saturated rings. The number of carbonyl (C=O) groups excluding carboxylic acids is 1. The van der Waals surface area contributed by atoms with Crippen LogP contribution in [0.4, 0.5) is 18.9 Å². The molecule has 0 unspecified atom stereocenters. The maximum atomic E-state index is 13.3. The van der Waals surface area contributed by atoms with Crippen LogP contribution in [0.2, 0.25) is 0 Å². The molecule has 3 rings (SSSR count). The zero-order valence-corrected chi connectivity index (χ0v) is 16.9. The number of benzene rings is 1. The Balaban J connectivity index is 1.66. The van der Waals surface area contributed by atoms with E-state index in [1.54, 1.807) is 9.80 Å². The Morgan fingerprint density at radius 1 is 1.07 bits per heavy atom. The van der Waals surface area contributed by atoms with E-state index in [0.717, 1.165) is 25.0 Å². The summed E-state index contributed by atoms with van der Waals surface area (Å²) >= 11 is 0. The molecule has 1 saturated carbocycles.